The van der Waals surface area contributed by atoms with Crippen molar-refractivity contribution in [1.82, 2.24) is 4.90 Å². The smallest absolute Gasteiger partial charge is 0.187 e. The maximum Gasteiger partial charge on any atom is 0.187 e. The Morgan fingerprint density at radius 1 is 1.43 bits per heavy atom. The number of rotatable bonds is 3. The van der Waals surface area contributed by atoms with Crippen molar-refractivity contribution in [3.8, 4) is 11.5 Å². The summed E-state index contributed by atoms with van der Waals surface area (Å²) in [6.45, 7) is 1.95. The van der Waals surface area contributed by atoms with E-state index in [0.29, 0.717) is 17.9 Å². The summed E-state index contributed by atoms with van der Waals surface area (Å²) in [5.41, 5.74) is 0.520. The third kappa shape index (κ3) is 2.02. The van der Waals surface area contributed by atoms with Crippen molar-refractivity contribution >= 4 is 37.6 Å². The molecular weight excluding hydrogens is 490 g/mol. The van der Waals surface area contributed by atoms with Gasteiger partial charge in [-0.15, -0.1) is 0 Å². The molecule has 0 amide bonds. The van der Waals surface area contributed by atoms with Crippen molar-refractivity contribution in [2.45, 2.75) is 60.1 Å². The first-order chi connectivity index (χ1) is 13.4. The van der Waals surface area contributed by atoms with Crippen molar-refractivity contribution in [3.05, 3.63) is 21.7 Å². The molecule has 5 aliphatic rings. The van der Waals surface area contributed by atoms with Crippen LogP contribution in [-0.2, 0) is 16.6 Å². The molecule has 2 bridgehead atoms. The Balaban J connectivity index is 1.61. The number of benzene rings is 1. The zero-order valence-electron chi connectivity index (χ0n) is 15.7. The van der Waals surface area contributed by atoms with Crippen molar-refractivity contribution < 1.29 is 19.4 Å². The number of likely N-dealkylation sites (tertiary alicyclic amines) is 1. The molecule has 7 heteroatoms. The topological polar surface area (TPSA) is 59.0 Å². The fraction of sp³-hybridized carbons (Fsp3) is 0.667. The Labute approximate surface area is 181 Å². The second kappa shape index (κ2) is 5.74. The van der Waals surface area contributed by atoms with Gasteiger partial charge in [0.25, 0.3) is 0 Å². The maximum atomic E-state index is 13.2. The minimum Gasteiger partial charge on any atom is -0.493 e. The number of Topliss-reactive ketones (excluding diaryl/α,β-unsaturated/α-hetero) is 1. The first kappa shape index (κ1) is 18.2. The van der Waals surface area contributed by atoms with E-state index in [-0.39, 0.29) is 16.7 Å². The molecule has 0 aromatic heterocycles. The molecule has 150 valence electrons. The van der Waals surface area contributed by atoms with Crippen LogP contribution in [-0.4, -0.2) is 58.6 Å². The zero-order valence-corrected chi connectivity index (χ0v) is 18.9. The largest absolute Gasteiger partial charge is 0.493 e. The van der Waals surface area contributed by atoms with Gasteiger partial charge in [0.15, 0.2) is 23.4 Å². The van der Waals surface area contributed by atoms with Crippen molar-refractivity contribution in [1.29, 1.82) is 0 Å². The Morgan fingerprint density at radius 2 is 2.21 bits per heavy atom. The number of halogens is 2. The molecule has 6 rings (SSSR count). The highest BCUT2D eigenvalue weighted by Crippen LogP contribution is 2.66. The van der Waals surface area contributed by atoms with Crippen LogP contribution in [0.15, 0.2) is 10.5 Å². The monoisotopic (exact) mass is 511 g/mol. The standard InChI is InChI=1S/C21H23Br2NO4/c1-27-14-7-12(22)11-6-15-21(26)8-13(23)17(25)19-20(21,16(11)18(14)28-19)4-5-24(15)9-10-2-3-10/h7,10,13,15,19,26H,2-6,8-9H2,1H3/t13-,15+,19-,20-,21+/m0/s1. The molecule has 1 N–H and O–H groups in total. The fourth-order valence-electron chi connectivity index (χ4n) is 6.43. The van der Waals surface area contributed by atoms with Crippen LogP contribution in [0.2, 0.25) is 0 Å². The zero-order chi connectivity index (χ0) is 19.4. The lowest BCUT2D eigenvalue weighted by atomic mass is 9.49. The Bertz CT molecular complexity index is 903. The normalized spacial score (nSPS) is 40.9. The van der Waals surface area contributed by atoms with Gasteiger partial charge in [0, 0.05) is 22.6 Å². The predicted octanol–water partition coefficient (Wildman–Crippen LogP) is 2.96. The van der Waals surface area contributed by atoms with Crippen LogP contribution in [0.4, 0.5) is 0 Å². The number of hydrogen-bond acceptors (Lipinski definition) is 5. The maximum absolute atomic E-state index is 13.2. The SMILES string of the molecule is COc1cc(Br)c2c3c1O[C@H]1C(=O)[C@@H](Br)C[C@@]4(O)[C@@H](C2)N(CC2CC2)CC[C@]314. The van der Waals surface area contributed by atoms with E-state index < -0.39 is 17.1 Å². The molecule has 2 heterocycles. The molecule has 2 saturated carbocycles. The van der Waals surface area contributed by atoms with Crippen LogP contribution in [0.3, 0.4) is 0 Å². The number of ether oxygens (including phenoxy) is 2. The summed E-state index contributed by atoms with van der Waals surface area (Å²) in [5, 5.41) is 12.3. The molecule has 1 spiro atoms. The van der Waals surface area contributed by atoms with E-state index in [4.69, 9.17) is 9.47 Å². The van der Waals surface area contributed by atoms with Gasteiger partial charge in [-0.3, -0.25) is 9.69 Å². The third-order valence-electron chi connectivity index (χ3n) is 7.85. The van der Waals surface area contributed by atoms with Gasteiger partial charge in [-0.1, -0.05) is 31.9 Å². The molecule has 0 radical (unpaired) electrons. The van der Waals surface area contributed by atoms with Gasteiger partial charge in [0.05, 0.1) is 23.0 Å². The third-order valence-corrected chi connectivity index (χ3v) is 9.33. The molecule has 28 heavy (non-hydrogen) atoms. The number of piperidine rings is 1. The number of nitrogens with zero attached hydrogens (tertiary/aromatic N) is 1. The molecule has 3 aliphatic carbocycles. The number of hydrogen-bond donors (Lipinski definition) is 1. The van der Waals surface area contributed by atoms with Crippen LogP contribution in [0.1, 0.15) is 36.8 Å². The van der Waals surface area contributed by atoms with Gasteiger partial charge in [-0.05, 0) is 56.2 Å². The Kier molecular flexibility index (Phi) is 3.72. The van der Waals surface area contributed by atoms with E-state index in [1.54, 1.807) is 7.11 Å². The summed E-state index contributed by atoms with van der Waals surface area (Å²) in [6.07, 6.45) is 3.87. The second-order valence-electron chi connectivity index (χ2n) is 9.12. The highest BCUT2D eigenvalue weighted by Gasteiger charge is 2.74. The summed E-state index contributed by atoms with van der Waals surface area (Å²) in [6, 6.07) is 1.95. The van der Waals surface area contributed by atoms with Crippen molar-refractivity contribution in [2.75, 3.05) is 20.2 Å². The van der Waals surface area contributed by atoms with E-state index in [2.05, 4.69) is 36.8 Å². The average Bonchev–Trinajstić information content (AvgIpc) is 3.40. The lowest BCUT2D eigenvalue weighted by Crippen LogP contribution is -2.78. The van der Waals surface area contributed by atoms with E-state index in [1.807, 2.05) is 6.07 Å². The molecule has 0 unspecified atom stereocenters. The first-order valence-corrected chi connectivity index (χ1v) is 11.8. The lowest BCUT2D eigenvalue weighted by Gasteiger charge is -2.63. The quantitative estimate of drug-likeness (QED) is 0.631. The van der Waals surface area contributed by atoms with Gasteiger partial charge in [-0.25, -0.2) is 0 Å². The molecule has 5 atom stereocenters. The van der Waals surface area contributed by atoms with Crippen LogP contribution < -0.4 is 9.47 Å². The highest BCUT2D eigenvalue weighted by molar-refractivity contribution is 9.10. The van der Waals surface area contributed by atoms with Gasteiger partial charge >= 0.3 is 0 Å². The number of carbonyl (C=O) groups is 1. The average molecular weight is 513 g/mol. The van der Waals surface area contributed by atoms with E-state index in [1.165, 1.54) is 18.4 Å². The minimum absolute atomic E-state index is 0.00393. The van der Waals surface area contributed by atoms with Gasteiger partial charge in [-0.2, -0.15) is 0 Å². The van der Waals surface area contributed by atoms with Gasteiger partial charge < -0.3 is 14.6 Å². The van der Waals surface area contributed by atoms with Crippen LogP contribution in [0.25, 0.3) is 0 Å². The van der Waals surface area contributed by atoms with Crippen LogP contribution in [0.5, 0.6) is 11.5 Å². The summed E-state index contributed by atoms with van der Waals surface area (Å²) < 4.78 is 12.9. The van der Waals surface area contributed by atoms with Gasteiger partial charge in [0.1, 0.15) is 0 Å². The molecule has 1 saturated heterocycles. The summed E-state index contributed by atoms with van der Waals surface area (Å²) in [7, 11) is 1.62. The highest BCUT2D eigenvalue weighted by atomic mass is 79.9. The van der Waals surface area contributed by atoms with Crippen molar-refractivity contribution in [2.24, 2.45) is 5.92 Å². The van der Waals surface area contributed by atoms with Crippen molar-refractivity contribution in [3.63, 3.8) is 0 Å². The lowest BCUT2D eigenvalue weighted by molar-refractivity contribution is -0.187. The molecule has 2 aliphatic heterocycles. The van der Waals surface area contributed by atoms with E-state index in [0.717, 1.165) is 41.9 Å². The van der Waals surface area contributed by atoms with E-state index >= 15 is 0 Å². The molecule has 1 aromatic carbocycles. The summed E-state index contributed by atoms with van der Waals surface area (Å²) >= 11 is 7.31. The van der Waals surface area contributed by atoms with E-state index in [9.17, 15) is 9.90 Å². The fourth-order valence-corrected chi connectivity index (χ4v) is 7.73. The number of carbonyl (C=O) groups excluding carboxylic acids is 1. The van der Waals surface area contributed by atoms with Gasteiger partial charge in [0.2, 0.25) is 0 Å². The number of alkyl halides is 1. The number of aliphatic hydroxyl groups is 1. The molecule has 1 aromatic rings. The predicted molar refractivity (Wildman–Crippen MR) is 110 cm³/mol. The Morgan fingerprint density at radius 3 is 2.93 bits per heavy atom. The van der Waals surface area contributed by atoms with Crippen LogP contribution in [0, 0.1) is 5.92 Å². The molecule has 5 nitrogen and oxygen atoms in total. The second-order valence-corrected chi connectivity index (χ2v) is 11.1. The summed E-state index contributed by atoms with van der Waals surface area (Å²) in [4.78, 5) is 15.3. The molecular formula is C21H23Br2NO4. The number of methoxy groups -OCH3 is 1. The molecule has 3 fully saturated rings. The van der Waals surface area contributed by atoms with Crippen LogP contribution >= 0.6 is 31.9 Å². The summed E-state index contributed by atoms with van der Waals surface area (Å²) in [5.74, 6) is 2.10. The minimum atomic E-state index is -0.989. The number of ketones is 1. The Hall–Kier alpha value is -0.630. The first-order valence-electron chi connectivity index (χ1n) is 10.1.